The van der Waals surface area contributed by atoms with Crippen LogP contribution in [0.4, 0.5) is 0 Å². The van der Waals surface area contributed by atoms with E-state index in [9.17, 15) is 34.5 Å². The molecule has 0 aliphatic carbocycles. The molecule has 0 radical (unpaired) electrons. The highest BCUT2D eigenvalue weighted by Crippen LogP contribution is 2.20. The third-order valence-electron chi connectivity index (χ3n) is 4.66. The molecule has 0 unspecified atom stereocenters. The van der Waals surface area contributed by atoms with E-state index in [2.05, 4.69) is 4.98 Å². The molecule has 1 aromatic rings. The van der Waals surface area contributed by atoms with Crippen LogP contribution in [0.3, 0.4) is 0 Å². The van der Waals surface area contributed by atoms with E-state index in [0.717, 1.165) is 0 Å². The second kappa shape index (κ2) is 11.9. The van der Waals surface area contributed by atoms with E-state index in [-0.39, 0.29) is 71.3 Å². The number of amides is 1. The molecule has 2 rings (SSSR count). The summed E-state index contributed by atoms with van der Waals surface area (Å²) in [6.45, 7) is 0.0439. The standard InChI is InChI=1S/C19H27N5O8/c20-16(25)12-32-15-2-1-13-7-23(10-18(28)29)5-3-22(9-17(26)27)4-6-24(11-19(30)31)8-14(15)21-13/h1-2H,3-12H2,(H2,20,25)(H,26,27)(H,28,29)(H,30,31). The number of hydrogen-bond acceptors (Lipinski definition) is 9. The minimum atomic E-state index is -1.06. The number of carboxylic acid groups (broad SMARTS) is 3. The molecule has 2 heterocycles. The Labute approximate surface area is 184 Å². The van der Waals surface area contributed by atoms with E-state index >= 15 is 0 Å². The van der Waals surface area contributed by atoms with Crippen molar-refractivity contribution in [1.82, 2.24) is 19.7 Å². The minimum Gasteiger partial charge on any atom is -0.482 e. The number of rotatable bonds is 9. The van der Waals surface area contributed by atoms with Crippen molar-refractivity contribution in [3.05, 3.63) is 23.5 Å². The Hall–Kier alpha value is -3.29. The number of aliphatic carboxylic acids is 3. The second-order valence-corrected chi connectivity index (χ2v) is 7.38. The van der Waals surface area contributed by atoms with Crippen molar-refractivity contribution in [2.24, 2.45) is 5.73 Å². The zero-order valence-corrected chi connectivity index (χ0v) is 17.5. The van der Waals surface area contributed by atoms with Gasteiger partial charge in [0.1, 0.15) is 5.75 Å². The normalized spacial score (nSPS) is 16.5. The predicted octanol–water partition coefficient (Wildman–Crippen LogP) is -1.88. The highest BCUT2D eigenvalue weighted by Gasteiger charge is 2.21. The molecular formula is C19H27N5O8. The number of nitrogens with two attached hydrogens (primary N) is 1. The summed E-state index contributed by atoms with van der Waals surface area (Å²) in [5.74, 6) is -3.57. The van der Waals surface area contributed by atoms with E-state index in [1.54, 1.807) is 26.8 Å². The van der Waals surface area contributed by atoms with Crippen molar-refractivity contribution in [3.63, 3.8) is 0 Å². The Morgan fingerprint density at radius 2 is 1.34 bits per heavy atom. The quantitative estimate of drug-likeness (QED) is 0.326. The van der Waals surface area contributed by atoms with Gasteiger partial charge >= 0.3 is 17.9 Å². The van der Waals surface area contributed by atoms with Crippen LogP contribution in [0.2, 0.25) is 0 Å². The third kappa shape index (κ3) is 8.83. The van der Waals surface area contributed by atoms with E-state index < -0.39 is 23.8 Å². The van der Waals surface area contributed by atoms with Crippen LogP contribution in [-0.2, 0) is 32.3 Å². The van der Waals surface area contributed by atoms with E-state index in [1.807, 2.05) is 0 Å². The third-order valence-corrected chi connectivity index (χ3v) is 4.66. The van der Waals surface area contributed by atoms with Crippen LogP contribution in [0.25, 0.3) is 0 Å². The number of ether oxygens (including phenoxy) is 1. The van der Waals surface area contributed by atoms with Crippen molar-refractivity contribution >= 4 is 23.8 Å². The minimum absolute atomic E-state index is 0.0636. The Kier molecular flexibility index (Phi) is 9.31. The number of aromatic nitrogens is 1. The van der Waals surface area contributed by atoms with Crippen molar-refractivity contribution in [1.29, 1.82) is 0 Å². The molecule has 5 N–H and O–H groups in total. The molecule has 32 heavy (non-hydrogen) atoms. The lowest BCUT2D eigenvalue weighted by Crippen LogP contribution is -2.44. The summed E-state index contributed by atoms with van der Waals surface area (Å²) in [5.41, 5.74) is 6.03. The molecule has 1 amide bonds. The van der Waals surface area contributed by atoms with Gasteiger partial charge in [0.2, 0.25) is 0 Å². The fourth-order valence-corrected chi connectivity index (χ4v) is 3.29. The zero-order valence-electron chi connectivity index (χ0n) is 17.5. The number of pyridine rings is 1. The maximum absolute atomic E-state index is 11.3. The fraction of sp³-hybridized carbons (Fsp3) is 0.526. The van der Waals surface area contributed by atoms with Gasteiger partial charge in [-0.1, -0.05) is 0 Å². The van der Waals surface area contributed by atoms with Crippen molar-refractivity contribution in [2.45, 2.75) is 13.1 Å². The van der Waals surface area contributed by atoms with E-state index in [1.165, 1.54) is 0 Å². The first-order valence-electron chi connectivity index (χ1n) is 9.84. The molecule has 1 aliphatic heterocycles. The van der Waals surface area contributed by atoms with Crippen LogP contribution in [0.1, 0.15) is 11.4 Å². The smallest absolute Gasteiger partial charge is 0.317 e. The van der Waals surface area contributed by atoms with Gasteiger partial charge in [0.15, 0.2) is 6.61 Å². The van der Waals surface area contributed by atoms with Crippen molar-refractivity contribution in [2.75, 3.05) is 52.4 Å². The summed E-state index contributed by atoms with van der Waals surface area (Å²) in [4.78, 5) is 54.3. The van der Waals surface area contributed by atoms with Gasteiger partial charge in [-0.25, -0.2) is 0 Å². The Bertz CT molecular complexity index is 849. The molecule has 0 saturated carbocycles. The number of fused-ring (bicyclic) bond motifs is 2. The maximum atomic E-state index is 11.3. The van der Waals surface area contributed by atoms with Gasteiger partial charge in [-0.2, -0.15) is 0 Å². The maximum Gasteiger partial charge on any atom is 0.317 e. The number of carbonyl (C=O) groups excluding carboxylic acids is 1. The predicted molar refractivity (Wildman–Crippen MR) is 109 cm³/mol. The van der Waals surface area contributed by atoms with Crippen LogP contribution in [-0.4, -0.2) is 111 Å². The number of carboxylic acids is 3. The largest absolute Gasteiger partial charge is 0.482 e. The summed E-state index contributed by atoms with van der Waals surface area (Å²) in [5, 5.41) is 27.7. The first-order valence-corrected chi connectivity index (χ1v) is 9.84. The summed E-state index contributed by atoms with van der Waals surface area (Å²) in [6, 6.07) is 3.21. The van der Waals surface area contributed by atoms with Gasteiger partial charge in [0, 0.05) is 39.3 Å². The second-order valence-electron chi connectivity index (χ2n) is 7.38. The molecule has 1 aromatic heterocycles. The molecule has 2 bridgehead atoms. The molecule has 0 saturated heterocycles. The lowest BCUT2D eigenvalue weighted by molar-refractivity contribution is -0.140. The average Bonchev–Trinajstić information content (AvgIpc) is 2.67. The summed E-state index contributed by atoms with van der Waals surface area (Å²) < 4.78 is 5.41. The Morgan fingerprint density at radius 3 is 1.88 bits per heavy atom. The number of nitrogens with zero attached hydrogens (tertiary/aromatic N) is 4. The SMILES string of the molecule is NC(=O)COc1ccc2nc1CN(CC(=O)O)CCN(CC(=O)O)CCN(CC(=O)O)C2. The fourth-order valence-electron chi connectivity index (χ4n) is 3.29. The van der Waals surface area contributed by atoms with Crippen LogP contribution < -0.4 is 10.5 Å². The van der Waals surface area contributed by atoms with E-state index in [0.29, 0.717) is 11.4 Å². The first kappa shape index (κ1) is 25.0. The highest BCUT2D eigenvalue weighted by molar-refractivity contribution is 5.75. The molecular weight excluding hydrogens is 426 g/mol. The number of carbonyl (C=O) groups is 4. The molecule has 0 spiro atoms. The van der Waals surface area contributed by atoms with Crippen LogP contribution >= 0.6 is 0 Å². The lowest BCUT2D eigenvalue weighted by Gasteiger charge is -2.29. The Balaban J connectivity index is 2.38. The van der Waals surface area contributed by atoms with Crippen molar-refractivity contribution < 1.29 is 39.2 Å². The van der Waals surface area contributed by atoms with Crippen LogP contribution in [0.15, 0.2) is 12.1 Å². The number of primary amides is 1. The zero-order chi connectivity index (χ0) is 23.7. The van der Waals surface area contributed by atoms with Gasteiger partial charge in [-0.05, 0) is 12.1 Å². The number of hydrogen-bond donors (Lipinski definition) is 4. The molecule has 0 atom stereocenters. The lowest BCUT2D eigenvalue weighted by atomic mass is 10.2. The summed E-state index contributed by atoms with van der Waals surface area (Å²) in [7, 11) is 0. The summed E-state index contributed by atoms with van der Waals surface area (Å²) >= 11 is 0. The molecule has 1 aliphatic rings. The van der Waals surface area contributed by atoms with E-state index in [4.69, 9.17) is 10.5 Å². The highest BCUT2D eigenvalue weighted by atomic mass is 16.5. The monoisotopic (exact) mass is 453 g/mol. The van der Waals surface area contributed by atoms with Gasteiger partial charge in [0.25, 0.3) is 5.91 Å². The molecule has 0 fully saturated rings. The average molecular weight is 453 g/mol. The van der Waals surface area contributed by atoms with Gasteiger partial charge < -0.3 is 25.8 Å². The molecule has 13 nitrogen and oxygen atoms in total. The molecule has 176 valence electrons. The van der Waals surface area contributed by atoms with Gasteiger partial charge in [-0.15, -0.1) is 0 Å². The van der Waals surface area contributed by atoms with Gasteiger partial charge in [0.05, 0.1) is 31.0 Å². The van der Waals surface area contributed by atoms with Crippen LogP contribution in [0.5, 0.6) is 5.75 Å². The first-order chi connectivity index (χ1) is 15.1. The molecule has 0 aromatic carbocycles. The molecule has 13 heteroatoms. The Morgan fingerprint density at radius 1 is 0.844 bits per heavy atom. The van der Waals surface area contributed by atoms with Crippen molar-refractivity contribution in [3.8, 4) is 5.75 Å². The summed E-state index contributed by atoms with van der Waals surface area (Å²) in [6.07, 6.45) is 0. The topological polar surface area (TPSA) is 187 Å². The van der Waals surface area contributed by atoms with Crippen LogP contribution in [0, 0.1) is 0 Å². The van der Waals surface area contributed by atoms with Gasteiger partial charge in [-0.3, -0.25) is 38.9 Å².